The SMILES string of the molecule is CC(=O)Nc1ccc(CCNC(=O)c2nnn(-c3cccc(F)c3)c2C(F)(F)F)cc1. The topological polar surface area (TPSA) is 88.9 Å². The fraction of sp³-hybridized carbons (Fsp3) is 0.200. The molecule has 0 saturated heterocycles. The summed E-state index contributed by atoms with van der Waals surface area (Å²) in [6.07, 6.45) is -4.60. The number of rotatable bonds is 6. The van der Waals surface area contributed by atoms with Crippen LogP contribution in [0.4, 0.5) is 23.2 Å². The molecule has 162 valence electrons. The van der Waals surface area contributed by atoms with Crippen LogP contribution in [0, 0.1) is 5.82 Å². The molecule has 3 aromatic rings. The minimum absolute atomic E-state index is 0.0441. The summed E-state index contributed by atoms with van der Waals surface area (Å²) >= 11 is 0. The third kappa shape index (κ3) is 5.44. The summed E-state index contributed by atoms with van der Waals surface area (Å²) in [5.74, 6) is -2.02. The van der Waals surface area contributed by atoms with Crippen molar-refractivity contribution in [2.45, 2.75) is 19.5 Å². The molecule has 11 heteroatoms. The Bertz CT molecular complexity index is 1090. The van der Waals surface area contributed by atoms with E-state index >= 15 is 0 Å². The van der Waals surface area contributed by atoms with Gasteiger partial charge in [0.15, 0.2) is 11.4 Å². The van der Waals surface area contributed by atoms with Crippen LogP contribution >= 0.6 is 0 Å². The Kier molecular flexibility index (Phi) is 6.33. The lowest BCUT2D eigenvalue weighted by molar-refractivity contribution is -0.143. The van der Waals surface area contributed by atoms with Gasteiger partial charge >= 0.3 is 6.18 Å². The van der Waals surface area contributed by atoms with Crippen molar-refractivity contribution in [3.05, 3.63) is 71.3 Å². The number of benzene rings is 2. The zero-order chi connectivity index (χ0) is 22.6. The number of carbonyl (C=O) groups is 2. The predicted molar refractivity (Wildman–Crippen MR) is 103 cm³/mol. The Balaban J connectivity index is 1.72. The monoisotopic (exact) mass is 435 g/mol. The lowest BCUT2D eigenvalue weighted by Crippen LogP contribution is -2.29. The molecule has 7 nitrogen and oxygen atoms in total. The first-order chi connectivity index (χ1) is 14.6. The van der Waals surface area contributed by atoms with Crippen molar-refractivity contribution in [2.24, 2.45) is 0 Å². The van der Waals surface area contributed by atoms with Crippen molar-refractivity contribution in [3.63, 3.8) is 0 Å². The number of hydrogen-bond acceptors (Lipinski definition) is 4. The van der Waals surface area contributed by atoms with E-state index in [1.54, 1.807) is 24.3 Å². The lowest BCUT2D eigenvalue weighted by Gasteiger charge is -2.11. The molecule has 31 heavy (non-hydrogen) atoms. The second kappa shape index (κ2) is 8.94. The van der Waals surface area contributed by atoms with Crippen molar-refractivity contribution in [2.75, 3.05) is 11.9 Å². The summed E-state index contributed by atoms with van der Waals surface area (Å²) in [6, 6.07) is 11.2. The van der Waals surface area contributed by atoms with E-state index in [0.717, 1.165) is 17.7 Å². The zero-order valence-electron chi connectivity index (χ0n) is 16.2. The molecule has 1 heterocycles. The van der Waals surface area contributed by atoms with E-state index in [2.05, 4.69) is 20.9 Å². The van der Waals surface area contributed by atoms with Crippen molar-refractivity contribution in [3.8, 4) is 5.69 Å². The molecule has 2 amide bonds. The molecule has 0 unspecified atom stereocenters. The van der Waals surface area contributed by atoms with Crippen LogP contribution in [0.1, 0.15) is 28.7 Å². The summed E-state index contributed by atoms with van der Waals surface area (Å²) in [4.78, 5) is 23.4. The van der Waals surface area contributed by atoms with Crippen molar-refractivity contribution < 1.29 is 27.2 Å². The highest BCUT2D eigenvalue weighted by Crippen LogP contribution is 2.32. The average Bonchev–Trinajstić information content (AvgIpc) is 3.15. The Morgan fingerprint density at radius 1 is 1.10 bits per heavy atom. The Morgan fingerprint density at radius 3 is 2.42 bits per heavy atom. The number of anilines is 1. The molecule has 3 rings (SSSR count). The zero-order valence-corrected chi connectivity index (χ0v) is 16.2. The van der Waals surface area contributed by atoms with Crippen LogP contribution in [0.2, 0.25) is 0 Å². The standard InChI is InChI=1S/C20H17F4N5O2/c1-12(30)26-15-7-5-13(6-8-15)9-10-25-19(31)17-18(20(22,23)24)29(28-27-17)16-4-2-3-14(21)11-16/h2-8,11H,9-10H2,1H3,(H,25,31)(H,26,30). The van der Waals surface area contributed by atoms with E-state index in [9.17, 15) is 27.2 Å². The summed E-state index contributed by atoms with van der Waals surface area (Å²) in [5, 5.41) is 11.8. The van der Waals surface area contributed by atoms with Crippen LogP contribution in [0.25, 0.3) is 5.69 Å². The summed E-state index contributed by atoms with van der Waals surface area (Å²) in [5.41, 5.74) is -1.11. The molecular weight excluding hydrogens is 418 g/mol. The number of amides is 2. The molecule has 0 aliphatic rings. The molecule has 2 N–H and O–H groups in total. The highest BCUT2D eigenvalue weighted by atomic mass is 19.4. The first-order valence-electron chi connectivity index (χ1n) is 9.08. The minimum atomic E-state index is -4.94. The number of nitrogens with zero attached hydrogens (tertiary/aromatic N) is 3. The number of alkyl halides is 3. The van der Waals surface area contributed by atoms with Crippen LogP contribution in [-0.4, -0.2) is 33.4 Å². The number of aromatic nitrogens is 3. The van der Waals surface area contributed by atoms with Gasteiger partial charge in [-0.05, 0) is 42.3 Å². The van der Waals surface area contributed by atoms with Crippen molar-refractivity contribution in [1.29, 1.82) is 0 Å². The number of halogens is 4. The highest BCUT2D eigenvalue weighted by molar-refractivity contribution is 5.93. The second-order valence-electron chi connectivity index (χ2n) is 6.56. The Labute approximate surface area is 174 Å². The van der Waals surface area contributed by atoms with Gasteiger partial charge in [-0.1, -0.05) is 23.4 Å². The molecule has 0 fully saturated rings. The first kappa shape index (κ1) is 21.9. The third-order valence-corrected chi connectivity index (χ3v) is 4.18. The normalized spacial score (nSPS) is 11.3. The van der Waals surface area contributed by atoms with Gasteiger partial charge < -0.3 is 10.6 Å². The van der Waals surface area contributed by atoms with E-state index < -0.39 is 29.3 Å². The van der Waals surface area contributed by atoms with Crippen LogP contribution in [0.5, 0.6) is 0 Å². The molecule has 0 spiro atoms. The van der Waals surface area contributed by atoms with Gasteiger partial charge in [0.1, 0.15) is 5.82 Å². The van der Waals surface area contributed by atoms with Gasteiger partial charge in [-0.25, -0.2) is 9.07 Å². The van der Waals surface area contributed by atoms with E-state index in [0.29, 0.717) is 16.8 Å². The molecular formula is C20H17F4N5O2. The van der Waals surface area contributed by atoms with Gasteiger partial charge in [-0.3, -0.25) is 9.59 Å². The molecule has 0 saturated carbocycles. The smallest absolute Gasteiger partial charge is 0.350 e. The highest BCUT2D eigenvalue weighted by Gasteiger charge is 2.42. The molecule has 0 aliphatic carbocycles. The van der Waals surface area contributed by atoms with Gasteiger partial charge in [-0.2, -0.15) is 13.2 Å². The summed E-state index contributed by atoms with van der Waals surface area (Å²) < 4.78 is 54.6. The van der Waals surface area contributed by atoms with Gasteiger partial charge in [0, 0.05) is 19.2 Å². The van der Waals surface area contributed by atoms with E-state index in [1.165, 1.54) is 19.1 Å². The number of carbonyl (C=O) groups excluding carboxylic acids is 2. The Hall–Kier alpha value is -3.76. The predicted octanol–water partition coefficient (Wildman–Crippen LogP) is 3.36. The quantitative estimate of drug-likeness (QED) is 0.582. The minimum Gasteiger partial charge on any atom is -0.350 e. The second-order valence-corrected chi connectivity index (χ2v) is 6.56. The molecule has 0 aliphatic heterocycles. The third-order valence-electron chi connectivity index (χ3n) is 4.18. The van der Waals surface area contributed by atoms with Crippen LogP contribution < -0.4 is 10.6 Å². The average molecular weight is 435 g/mol. The van der Waals surface area contributed by atoms with Crippen LogP contribution in [0.15, 0.2) is 48.5 Å². The van der Waals surface area contributed by atoms with E-state index in [4.69, 9.17) is 0 Å². The van der Waals surface area contributed by atoms with Gasteiger partial charge in [0.05, 0.1) is 5.69 Å². The van der Waals surface area contributed by atoms with E-state index in [1.807, 2.05) is 0 Å². The largest absolute Gasteiger partial charge is 0.435 e. The van der Waals surface area contributed by atoms with Gasteiger partial charge in [0.2, 0.25) is 5.91 Å². The van der Waals surface area contributed by atoms with E-state index in [-0.39, 0.29) is 18.1 Å². The summed E-state index contributed by atoms with van der Waals surface area (Å²) in [6.45, 7) is 1.42. The molecule has 1 aromatic heterocycles. The fourth-order valence-electron chi connectivity index (χ4n) is 2.84. The molecule has 0 bridgehead atoms. The van der Waals surface area contributed by atoms with Crippen LogP contribution in [-0.2, 0) is 17.4 Å². The maximum atomic E-state index is 13.6. The molecule has 0 atom stereocenters. The van der Waals surface area contributed by atoms with Crippen molar-refractivity contribution in [1.82, 2.24) is 20.3 Å². The van der Waals surface area contributed by atoms with Gasteiger partial charge in [0.25, 0.3) is 5.91 Å². The fourth-order valence-corrected chi connectivity index (χ4v) is 2.84. The Morgan fingerprint density at radius 2 is 1.81 bits per heavy atom. The number of hydrogen-bond donors (Lipinski definition) is 2. The molecule has 2 aromatic carbocycles. The first-order valence-corrected chi connectivity index (χ1v) is 9.08. The lowest BCUT2D eigenvalue weighted by atomic mass is 10.1. The molecule has 0 radical (unpaired) electrons. The maximum Gasteiger partial charge on any atom is 0.435 e. The van der Waals surface area contributed by atoms with Crippen LogP contribution in [0.3, 0.4) is 0 Å². The maximum absolute atomic E-state index is 13.6. The summed E-state index contributed by atoms with van der Waals surface area (Å²) in [7, 11) is 0. The van der Waals surface area contributed by atoms with Crippen molar-refractivity contribution >= 4 is 17.5 Å². The number of nitrogens with one attached hydrogen (secondary N) is 2. The van der Waals surface area contributed by atoms with Gasteiger partial charge in [-0.15, -0.1) is 5.10 Å².